The van der Waals surface area contributed by atoms with E-state index in [-0.39, 0.29) is 5.75 Å². The topological polar surface area (TPSA) is 83.0 Å². The Morgan fingerprint density at radius 2 is 1.87 bits per heavy atom. The Labute approximate surface area is 141 Å². The third-order valence-corrected chi connectivity index (χ3v) is 5.25. The van der Waals surface area contributed by atoms with Crippen molar-refractivity contribution in [2.45, 2.75) is 33.6 Å². The Balaban J connectivity index is 3.75. The van der Waals surface area contributed by atoms with E-state index < -0.39 is 10.0 Å². The van der Waals surface area contributed by atoms with Crippen LogP contribution in [-0.2, 0) is 14.8 Å². The van der Waals surface area contributed by atoms with Crippen LogP contribution in [0.3, 0.4) is 0 Å². The minimum absolute atomic E-state index is 0.136. The number of nitrogens with one attached hydrogen (secondary N) is 2. The molecule has 2 N–H and O–H groups in total. The van der Waals surface area contributed by atoms with Crippen LogP contribution in [0, 0.1) is 5.92 Å². The van der Waals surface area contributed by atoms with Crippen molar-refractivity contribution in [2.24, 2.45) is 10.9 Å². The number of aliphatic imine (C=N–C) groups is 1. The van der Waals surface area contributed by atoms with Crippen molar-refractivity contribution < 1.29 is 13.2 Å². The lowest BCUT2D eigenvalue weighted by Gasteiger charge is -2.17. The van der Waals surface area contributed by atoms with Gasteiger partial charge >= 0.3 is 0 Å². The highest BCUT2D eigenvalue weighted by Gasteiger charge is 2.13. The van der Waals surface area contributed by atoms with Gasteiger partial charge in [0.2, 0.25) is 10.0 Å². The van der Waals surface area contributed by atoms with Crippen LogP contribution in [0.2, 0.25) is 0 Å². The van der Waals surface area contributed by atoms with Gasteiger partial charge in [0, 0.05) is 40.3 Å². The van der Waals surface area contributed by atoms with Gasteiger partial charge in [0.1, 0.15) is 0 Å². The Hall–Kier alpha value is -0.860. The first kappa shape index (κ1) is 22.1. The molecule has 0 atom stereocenters. The Morgan fingerprint density at radius 3 is 2.43 bits per heavy atom. The summed E-state index contributed by atoms with van der Waals surface area (Å²) in [7, 11) is 0.232. The van der Waals surface area contributed by atoms with Crippen molar-refractivity contribution in [1.29, 1.82) is 0 Å². The number of nitrogens with zero attached hydrogens (tertiary/aromatic N) is 2. The number of sulfonamides is 1. The summed E-state index contributed by atoms with van der Waals surface area (Å²) in [5, 5.41) is 6.33. The summed E-state index contributed by atoms with van der Waals surface area (Å²) in [5.41, 5.74) is 0. The second kappa shape index (κ2) is 12.5. The van der Waals surface area contributed by atoms with Crippen molar-refractivity contribution >= 4 is 16.0 Å². The molecule has 0 fully saturated rings. The van der Waals surface area contributed by atoms with E-state index in [4.69, 9.17) is 4.74 Å². The first-order valence-corrected chi connectivity index (χ1v) is 9.90. The highest BCUT2D eigenvalue weighted by molar-refractivity contribution is 7.89. The average Bonchev–Trinajstić information content (AvgIpc) is 2.51. The highest BCUT2D eigenvalue weighted by atomic mass is 32.2. The molecule has 0 aliphatic heterocycles. The first-order chi connectivity index (χ1) is 10.8. The summed E-state index contributed by atoms with van der Waals surface area (Å²) in [6.45, 7) is 9.29. The Morgan fingerprint density at radius 1 is 1.22 bits per heavy atom. The Kier molecular flexibility index (Phi) is 12.1. The van der Waals surface area contributed by atoms with Crippen molar-refractivity contribution in [1.82, 2.24) is 14.9 Å². The maximum Gasteiger partial charge on any atom is 0.213 e. The van der Waals surface area contributed by atoms with Crippen LogP contribution >= 0.6 is 0 Å². The lowest BCUT2D eigenvalue weighted by atomic mass is 10.1. The van der Waals surface area contributed by atoms with Crippen LogP contribution in [0.5, 0.6) is 0 Å². The van der Waals surface area contributed by atoms with Gasteiger partial charge in [-0.1, -0.05) is 13.8 Å². The van der Waals surface area contributed by atoms with Gasteiger partial charge in [-0.3, -0.25) is 4.99 Å². The molecule has 0 rings (SSSR count). The first-order valence-electron chi connectivity index (χ1n) is 8.29. The normalized spacial score (nSPS) is 12.9. The van der Waals surface area contributed by atoms with E-state index in [0.29, 0.717) is 38.1 Å². The van der Waals surface area contributed by atoms with Gasteiger partial charge in [-0.25, -0.2) is 12.7 Å². The van der Waals surface area contributed by atoms with E-state index in [1.54, 1.807) is 21.0 Å². The van der Waals surface area contributed by atoms with Gasteiger partial charge in [0.15, 0.2) is 5.96 Å². The molecule has 0 amide bonds. The summed E-state index contributed by atoms with van der Waals surface area (Å²) in [6.07, 6.45) is 1.79. The molecule has 0 saturated carbocycles. The molecule has 0 spiro atoms. The van der Waals surface area contributed by atoms with E-state index in [0.717, 1.165) is 19.4 Å². The van der Waals surface area contributed by atoms with E-state index >= 15 is 0 Å². The summed E-state index contributed by atoms with van der Waals surface area (Å²) in [5.74, 6) is 1.50. The predicted octanol–water partition coefficient (Wildman–Crippen LogP) is 0.886. The van der Waals surface area contributed by atoms with Gasteiger partial charge in [0.05, 0.1) is 12.4 Å². The number of hydrogen-bond acceptors (Lipinski definition) is 4. The van der Waals surface area contributed by atoms with E-state index in [9.17, 15) is 8.42 Å². The van der Waals surface area contributed by atoms with Gasteiger partial charge in [-0.05, 0) is 25.7 Å². The second-order valence-electron chi connectivity index (χ2n) is 5.80. The molecule has 0 aromatic rings. The predicted molar refractivity (Wildman–Crippen MR) is 96.3 cm³/mol. The molecule has 0 aromatic carbocycles. The lowest BCUT2D eigenvalue weighted by molar-refractivity contribution is 0.128. The molecule has 138 valence electrons. The van der Waals surface area contributed by atoms with Crippen LogP contribution in [0.1, 0.15) is 33.6 Å². The maximum atomic E-state index is 11.6. The zero-order valence-electron chi connectivity index (χ0n) is 15.3. The quantitative estimate of drug-likeness (QED) is 0.310. The average molecular weight is 351 g/mol. The smallest absolute Gasteiger partial charge is 0.213 e. The minimum atomic E-state index is -3.09. The molecular weight excluding hydrogens is 316 g/mol. The summed E-state index contributed by atoms with van der Waals surface area (Å²) < 4.78 is 30.1. The minimum Gasteiger partial charge on any atom is -0.380 e. The Bertz CT molecular complexity index is 424. The van der Waals surface area contributed by atoms with E-state index in [1.165, 1.54) is 4.31 Å². The molecule has 0 bridgehead atoms. The van der Waals surface area contributed by atoms with Gasteiger partial charge in [0.25, 0.3) is 0 Å². The van der Waals surface area contributed by atoms with E-state index in [1.807, 2.05) is 0 Å². The molecule has 0 heterocycles. The van der Waals surface area contributed by atoms with Gasteiger partial charge in [-0.2, -0.15) is 0 Å². The molecule has 0 saturated heterocycles. The van der Waals surface area contributed by atoms with Gasteiger partial charge < -0.3 is 15.4 Å². The maximum absolute atomic E-state index is 11.6. The van der Waals surface area contributed by atoms with Crippen LogP contribution in [-0.4, -0.2) is 71.4 Å². The largest absolute Gasteiger partial charge is 0.380 e. The second-order valence-corrected chi connectivity index (χ2v) is 8.16. The third kappa shape index (κ3) is 11.3. The van der Waals surface area contributed by atoms with Crippen LogP contribution in [0.4, 0.5) is 0 Å². The molecule has 0 radical (unpaired) electrons. The van der Waals surface area contributed by atoms with Gasteiger partial charge in [-0.15, -0.1) is 0 Å². The fraction of sp³-hybridized carbons (Fsp3) is 0.933. The molecule has 0 aliphatic rings. The molecule has 8 heteroatoms. The van der Waals surface area contributed by atoms with Crippen molar-refractivity contribution in [3.63, 3.8) is 0 Å². The van der Waals surface area contributed by atoms with Crippen molar-refractivity contribution in [2.75, 3.05) is 52.7 Å². The van der Waals surface area contributed by atoms with Crippen molar-refractivity contribution in [3.8, 4) is 0 Å². The summed E-state index contributed by atoms with van der Waals surface area (Å²) in [6, 6.07) is 0. The summed E-state index contributed by atoms with van der Waals surface area (Å²) >= 11 is 0. The fourth-order valence-corrected chi connectivity index (χ4v) is 2.60. The van der Waals surface area contributed by atoms with Crippen molar-refractivity contribution in [3.05, 3.63) is 0 Å². The van der Waals surface area contributed by atoms with Crippen LogP contribution in [0.25, 0.3) is 0 Å². The highest BCUT2D eigenvalue weighted by Crippen LogP contribution is 1.99. The molecular formula is C15H34N4O3S. The third-order valence-electron chi connectivity index (χ3n) is 3.38. The van der Waals surface area contributed by atoms with Crippen LogP contribution in [0.15, 0.2) is 4.99 Å². The zero-order valence-corrected chi connectivity index (χ0v) is 16.1. The summed E-state index contributed by atoms with van der Waals surface area (Å²) in [4.78, 5) is 4.12. The zero-order chi connectivity index (χ0) is 17.7. The lowest BCUT2D eigenvalue weighted by Crippen LogP contribution is -2.40. The molecule has 23 heavy (non-hydrogen) atoms. The molecule has 0 aromatic heterocycles. The number of guanidine groups is 1. The number of rotatable bonds is 12. The molecule has 0 aliphatic carbocycles. The standard InChI is InChI=1S/C15H34N4O3S/c1-6-23(20,21)19(5)11-7-9-17-15(16-4)18-10-13-22-12-8-14(2)3/h14H,6-13H2,1-5H3,(H2,16,17,18). The number of ether oxygens (including phenoxy) is 1. The monoisotopic (exact) mass is 350 g/mol. The van der Waals surface area contributed by atoms with Crippen LogP contribution < -0.4 is 10.6 Å². The van der Waals surface area contributed by atoms with E-state index in [2.05, 4.69) is 29.5 Å². The SMILES string of the molecule is CCS(=O)(=O)N(C)CCCNC(=NC)NCCOCCC(C)C. The number of hydrogen-bond donors (Lipinski definition) is 2. The molecule has 0 unspecified atom stereocenters. The molecule has 7 nitrogen and oxygen atoms in total. The fourth-order valence-electron chi connectivity index (χ4n) is 1.75.